The van der Waals surface area contributed by atoms with Crippen LogP contribution in [0.3, 0.4) is 0 Å². The van der Waals surface area contributed by atoms with Crippen LogP contribution in [0.1, 0.15) is 38.5 Å². The minimum Gasteiger partial charge on any atom is -0.348 e. The number of unbranched alkanes of at least 4 members (excludes halogenated alkanes) is 2. The standard InChI is InChI=1S/C11H16N2O2/c12-7-3-1-5-11(6-2-4-8-13)14-9-10-15-11/h1-6,9-10H2. The van der Waals surface area contributed by atoms with Crippen LogP contribution in [-0.2, 0) is 9.47 Å². The molecule has 0 aliphatic carbocycles. The molecule has 0 atom stereocenters. The van der Waals surface area contributed by atoms with Gasteiger partial charge in [0.25, 0.3) is 0 Å². The summed E-state index contributed by atoms with van der Waals surface area (Å²) in [6.07, 6.45) is 4.17. The Bertz CT molecular complexity index is 237. The Hall–Kier alpha value is -1.10. The molecule has 4 heteroatoms. The fraction of sp³-hybridized carbons (Fsp3) is 0.818. The van der Waals surface area contributed by atoms with Gasteiger partial charge < -0.3 is 9.47 Å². The second-order valence-electron chi connectivity index (χ2n) is 3.63. The summed E-state index contributed by atoms with van der Waals surface area (Å²) in [5.74, 6) is -0.506. The van der Waals surface area contributed by atoms with E-state index in [4.69, 9.17) is 20.0 Å². The molecule has 0 aromatic rings. The summed E-state index contributed by atoms with van der Waals surface area (Å²) >= 11 is 0. The second-order valence-corrected chi connectivity index (χ2v) is 3.63. The molecule has 1 saturated heterocycles. The molecule has 15 heavy (non-hydrogen) atoms. The largest absolute Gasteiger partial charge is 0.348 e. The third-order valence-electron chi connectivity index (χ3n) is 2.51. The van der Waals surface area contributed by atoms with Gasteiger partial charge in [0.15, 0.2) is 5.79 Å². The Morgan fingerprint density at radius 3 is 1.80 bits per heavy atom. The maximum Gasteiger partial charge on any atom is 0.168 e. The molecule has 0 radical (unpaired) electrons. The quantitative estimate of drug-likeness (QED) is 0.627. The molecule has 0 N–H and O–H groups in total. The van der Waals surface area contributed by atoms with Gasteiger partial charge in [0.1, 0.15) is 0 Å². The molecular formula is C11H16N2O2. The van der Waals surface area contributed by atoms with Crippen LogP contribution in [0.5, 0.6) is 0 Å². The Kier molecular flexibility index (Phi) is 5.10. The van der Waals surface area contributed by atoms with E-state index in [0.717, 1.165) is 25.7 Å². The second kappa shape index (κ2) is 6.40. The highest BCUT2D eigenvalue weighted by atomic mass is 16.7. The number of ether oxygens (including phenoxy) is 2. The summed E-state index contributed by atoms with van der Waals surface area (Å²) in [4.78, 5) is 0. The molecule has 1 rings (SSSR count). The summed E-state index contributed by atoms with van der Waals surface area (Å²) in [5, 5.41) is 16.9. The zero-order valence-corrected chi connectivity index (χ0v) is 8.87. The van der Waals surface area contributed by atoms with Gasteiger partial charge in [-0.25, -0.2) is 0 Å². The van der Waals surface area contributed by atoms with Crippen LogP contribution in [0.15, 0.2) is 0 Å². The molecule has 0 saturated carbocycles. The first-order valence-corrected chi connectivity index (χ1v) is 5.35. The molecule has 1 heterocycles. The lowest BCUT2D eigenvalue weighted by Gasteiger charge is -2.26. The maximum atomic E-state index is 8.46. The van der Waals surface area contributed by atoms with Gasteiger partial charge in [0.05, 0.1) is 25.4 Å². The van der Waals surface area contributed by atoms with E-state index in [-0.39, 0.29) is 0 Å². The lowest BCUT2D eigenvalue weighted by Crippen LogP contribution is -2.29. The van der Waals surface area contributed by atoms with Crippen molar-refractivity contribution in [2.45, 2.75) is 44.3 Å². The van der Waals surface area contributed by atoms with Crippen molar-refractivity contribution in [3.63, 3.8) is 0 Å². The van der Waals surface area contributed by atoms with Gasteiger partial charge in [0, 0.05) is 25.7 Å². The Balaban J connectivity index is 2.33. The van der Waals surface area contributed by atoms with Crippen molar-refractivity contribution in [2.24, 2.45) is 0 Å². The van der Waals surface area contributed by atoms with Gasteiger partial charge in [-0.1, -0.05) is 0 Å². The number of hydrogen-bond donors (Lipinski definition) is 0. The molecule has 0 bridgehead atoms. The first-order valence-electron chi connectivity index (χ1n) is 5.35. The third-order valence-corrected chi connectivity index (χ3v) is 2.51. The Morgan fingerprint density at radius 2 is 1.40 bits per heavy atom. The van der Waals surface area contributed by atoms with Gasteiger partial charge >= 0.3 is 0 Å². The molecule has 1 aliphatic heterocycles. The fourth-order valence-electron chi connectivity index (χ4n) is 1.78. The molecule has 82 valence electrons. The van der Waals surface area contributed by atoms with Crippen molar-refractivity contribution in [3.8, 4) is 12.1 Å². The van der Waals surface area contributed by atoms with Gasteiger partial charge in [-0.3, -0.25) is 0 Å². The van der Waals surface area contributed by atoms with E-state index in [9.17, 15) is 0 Å². The smallest absolute Gasteiger partial charge is 0.168 e. The summed E-state index contributed by atoms with van der Waals surface area (Å²) in [6.45, 7) is 1.25. The van der Waals surface area contributed by atoms with Gasteiger partial charge in [-0.2, -0.15) is 10.5 Å². The van der Waals surface area contributed by atoms with Crippen molar-refractivity contribution in [3.05, 3.63) is 0 Å². The topological polar surface area (TPSA) is 66.0 Å². The molecule has 1 fully saturated rings. The van der Waals surface area contributed by atoms with E-state index in [2.05, 4.69) is 12.1 Å². The summed E-state index contributed by atoms with van der Waals surface area (Å²) in [5.41, 5.74) is 0. The lowest BCUT2D eigenvalue weighted by atomic mass is 10.0. The summed E-state index contributed by atoms with van der Waals surface area (Å²) < 4.78 is 11.2. The summed E-state index contributed by atoms with van der Waals surface area (Å²) in [6, 6.07) is 4.23. The molecule has 0 aromatic carbocycles. The number of hydrogen-bond acceptors (Lipinski definition) is 4. The van der Waals surface area contributed by atoms with Crippen LogP contribution in [-0.4, -0.2) is 19.0 Å². The summed E-state index contributed by atoms with van der Waals surface area (Å²) in [7, 11) is 0. The highest BCUT2D eigenvalue weighted by Crippen LogP contribution is 2.30. The number of rotatable bonds is 6. The lowest BCUT2D eigenvalue weighted by molar-refractivity contribution is -0.167. The van der Waals surface area contributed by atoms with Gasteiger partial charge in [0.2, 0.25) is 0 Å². The van der Waals surface area contributed by atoms with Gasteiger partial charge in [-0.05, 0) is 12.8 Å². The highest BCUT2D eigenvalue weighted by molar-refractivity contribution is 4.80. The van der Waals surface area contributed by atoms with Gasteiger partial charge in [-0.15, -0.1) is 0 Å². The normalized spacial score (nSPS) is 18.3. The van der Waals surface area contributed by atoms with Crippen molar-refractivity contribution < 1.29 is 9.47 Å². The average Bonchev–Trinajstić information content (AvgIpc) is 2.68. The van der Waals surface area contributed by atoms with Crippen molar-refractivity contribution in [1.82, 2.24) is 0 Å². The van der Waals surface area contributed by atoms with Crippen LogP contribution in [0.4, 0.5) is 0 Å². The van der Waals surface area contributed by atoms with E-state index in [1.807, 2.05) is 0 Å². The first kappa shape index (κ1) is 12.0. The zero-order chi connectivity index (χ0) is 11.0. The number of nitriles is 2. The fourth-order valence-corrected chi connectivity index (χ4v) is 1.78. The zero-order valence-electron chi connectivity index (χ0n) is 8.87. The number of nitrogens with zero attached hydrogens (tertiary/aromatic N) is 2. The molecule has 1 aliphatic rings. The van der Waals surface area contributed by atoms with Crippen molar-refractivity contribution in [2.75, 3.05) is 13.2 Å². The Morgan fingerprint density at radius 1 is 0.933 bits per heavy atom. The molecule has 0 amide bonds. The van der Waals surface area contributed by atoms with Crippen LogP contribution >= 0.6 is 0 Å². The predicted molar refractivity (Wildman–Crippen MR) is 53.6 cm³/mol. The van der Waals surface area contributed by atoms with Crippen molar-refractivity contribution in [1.29, 1.82) is 10.5 Å². The first-order chi connectivity index (χ1) is 7.33. The van der Waals surface area contributed by atoms with E-state index >= 15 is 0 Å². The molecule has 0 spiro atoms. The SMILES string of the molecule is N#CCCCC1(CCCC#N)OCCO1. The molecule has 0 aromatic heterocycles. The molecular weight excluding hydrogens is 192 g/mol. The molecule has 4 nitrogen and oxygen atoms in total. The van der Waals surface area contributed by atoms with Crippen LogP contribution in [0.25, 0.3) is 0 Å². The van der Waals surface area contributed by atoms with Crippen LogP contribution < -0.4 is 0 Å². The van der Waals surface area contributed by atoms with Crippen LogP contribution in [0.2, 0.25) is 0 Å². The van der Waals surface area contributed by atoms with E-state index in [0.29, 0.717) is 26.1 Å². The van der Waals surface area contributed by atoms with E-state index in [1.54, 1.807) is 0 Å². The minimum atomic E-state index is -0.506. The molecule has 0 unspecified atom stereocenters. The maximum absolute atomic E-state index is 8.46. The van der Waals surface area contributed by atoms with Crippen molar-refractivity contribution >= 4 is 0 Å². The van der Waals surface area contributed by atoms with E-state index < -0.39 is 5.79 Å². The third kappa shape index (κ3) is 3.87. The average molecular weight is 208 g/mol. The van der Waals surface area contributed by atoms with Crippen LogP contribution in [0, 0.1) is 22.7 Å². The highest BCUT2D eigenvalue weighted by Gasteiger charge is 2.35. The monoisotopic (exact) mass is 208 g/mol. The predicted octanol–water partition coefficient (Wildman–Crippen LogP) is 2.12. The minimum absolute atomic E-state index is 0.506. The van der Waals surface area contributed by atoms with E-state index in [1.165, 1.54) is 0 Å². The Labute approximate surface area is 90.4 Å².